The maximum Gasteiger partial charge on any atom is 0.248 e. The van der Waals surface area contributed by atoms with E-state index in [2.05, 4.69) is 0 Å². The predicted molar refractivity (Wildman–Crippen MR) is 59.2 cm³/mol. The van der Waals surface area contributed by atoms with Crippen molar-refractivity contribution in [1.29, 1.82) is 0 Å². The summed E-state index contributed by atoms with van der Waals surface area (Å²) in [5.41, 5.74) is 5.59. The molecule has 0 aliphatic heterocycles. The molecule has 86 valence electrons. The summed E-state index contributed by atoms with van der Waals surface area (Å²) in [6.07, 6.45) is 2.16. The van der Waals surface area contributed by atoms with Gasteiger partial charge in [0.15, 0.2) is 0 Å². The van der Waals surface area contributed by atoms with E-state index in [1.54, 1.807) is 24.3 Å². The fourth-order valence-corrected chi connectivity index (χ4v) is 1.92. The molecule has 2 atom stereocenters. The summed E-state index contributed by atoms with van der Waals surface area (Å²) >= 11 is 0. The molecule has 0 radical (unpaired) electrons. The second-order valence-electron chi connectivity index (χ2n) is 4.04. The highest BCUT2D eigenvalue weighted by atomic mass is 16.5. The first-order valence-electron chi connectivity index (χ1n) is 5.41. The lowest BCUT2D eigenvalue weighted by Gasteiger charge is -2.16. The number of carbonyl (C=O) groups is 1. The van der Waals surface area contributed by atoms with Gasteiger partial charge in [0.2, 0.25) is 5.91 Å². The molecule has 16 heavy (non-hydrogen) atoms. The van der Waals surface area contributed by atoms with Crippen LogP contribution >= 0.6 is 0 Å². The molecule has 1 aliphatic rings. The molecule has 4 heteroatoms. The SMILES string of the molecule is NC(=O)c1ccc(O[C@@H]2CCC[C@H]2O)cc1. The summed E-state index contributed by atoms with van der Waals surface area (Å²) in [7, 11) is 0. The van der Waals surface area contributed by atoms with Crippen molar-refractivity contribution < 1.29 is 14.6 Å². The molecule has 1 aliphatic carbocycles. The van der Waals surface area contributed by atoms with Crippen LogP contribution in [0.25, 0.3) is 0 Å². The van der Waals surface area contributed by atoms with Crippen LogP contribution in [-0.4, -0.2) is 23.2 Å². The van der Waals surface area contributed by atoms with E-state index in [0.717, 1.165) is 19.3 Å². The Labute approximate surface area is 94.0 Å². The molecule has 2 rings (SSSR count). The fourth-order valence-electron chi connectivity index (χ4n) is 1.92. The standard InChI is InChI=1S/C12H15NO3/c13-12(15)8-4-6-9(7-5-8)16-11-3-1-2-10(11)14/h4-7,10-11,14H,1-3H2,(H2,13,15)/t10-,11-/m1/s1. The molecule has 1 fully saturated rings. The number of carbonyl (C=O) groups excluding carboxylic acids is 1. The van der Waals surface area contributed by atoms with E-state index in [9.17, 15) is 9.90 Å². The zero-order valence-corrected chi connectivity index (χ0v) is 8.93. The van der Waals surface area contributed by atoms with Gasteiger partial charge in [0.1, 0.15) is 11.9 Å². The Balaban J connectivity index is 2.02. The van der Waals surface area contributed by atoms with Crippen LogP contribution in [0.3, 0.4) is 0 Å². The number of aliphatic hydroxyl groups is 1. The molecular formula is C12H15NO3. The van der Waals surface area contributed by atoms with Crippen molar-refractivity contribution in [2.24, 2.45) is 5.73 Å². The summed E-state index contributed by atoms with van der Waals surface area (Å²) < 4.78 is 5.62. The number of hydrogen-bond acceptors (Lipinski definition) is 3. The normalized spacial score (nSPS) is 24.3. The quantitative estimate of drug-likeness (QED) is 0.802. The van der Waals surface area contributed by atoms with Crippen LogP contribution in [0, 0.1) is 0 Å². The van der Waals surface area contributed by atoms with Gasteiger partial charge in [-0.15, -0.1) is 0 Å². The monoisotopic (exact) mass is 221 g/mol. The van der Waals surface area contributed by atoms with Crippen molar-refractivity contribution in [3.8, 4) is 5.75 Å². The molecule has 4 nitrogen and oxygen atoms in total. The van der Waals surface area contributed by atoms with E-state index >= 15 is 0 Å². The van der Waals surface area contributed by atoms with E-state index in [1.807, 2.05) is 0 Å². The van der Waals surface area contributed by atoms with Crippen molar-refractivity contribution in [3.05, 3.63) is 29.8 Å². The third-order valence-electron chi connectivity index (χ3n) is 2.84. The Hall–Kier alpha value is -1.55. The van der Waals surface area contributed by atoms with Crippen LogP contribution in [0.5, 0.6) is 5.75 Å². The number of primary amides is 1. The van der Waals surface area contributed by atoms with E-state index < -0.39 is 5.91 Å². The molecule has 0 bridgehead atoms. The first-order valence-corrected chi connectivity index (χ1v) is 5.41. The number of ether oxygens (including phenoxy) is 1. The maximum atomic E-state index is 10.9. The summed E-state index contributed by atoms with van der Waals surface area (Å²) in [6, 6.07) is 6.65. The van der Waals surface area contributed by atoms with E-state index in [-0.39, 0.29) is 12.2 Å². The lowest BCUT2D eigenvalue weighted by atomic mass is 10.2. The molecule has 1 aromatic rings. The second-order valence-corrected chi connectivity index (χ2v) is 4.04. The number of benzene rings is 1. The maximum absolute atomic E-state index is 10.9. The van der Waals surface area contributed by atoms with Crippen LogP contribution in [-0.2, 0) is 0 Å². The second kappa shape index (κ2) is 4.53. The summed E-state index contributed by atoms with van der Waals surface area (Å²) in [6.45, 7) is 0. The van der Waals surface area contributed by atoms with Gasteiger partial charge in [-0.2, -0.15) is 0 Å². The van der Waals surface area contributed by atoms with Gasteiger partial charge in [-0.05, 0) is 43.5 Å². The van der Waals surface area contributed by atoms with E-state index in [1.165, 1.54) is 0 Å². The summed E-state index contributed by atoms with van der Waals surface area (Å²) in [4.78, 5) is 10.9. The zero-order chi connectivity index (χ0) is 11.5. The van der Waals surface area contributed by atoms with Gasteiger partial charge in [-0.3, -0.25) is 4.79 Å². The molecule has 3 N–H and O–H groups in total. The van der Waals surface area contributed by atoms with Crippen LogP contribution in [0.1, 0.15) is 29.6 Å². The van der Waals surface area contributed by atoms with E-state index in [4.69, 9.17) is 10.5 Å². The van der Waals surface area contributed by atoms with E-state index in [0.29, 0.717) is 11.3 Å². The Bertz CT molecular complexity index is 374. The Morgan fingerprint density at radius 3 is 2.50 bits per heavy atom. The molecule has 1 saturated carbocycles. The van der Waals surface area contributed by atoms with Gasteiger partial charge >= 0.3 is 0 Å². The highest BCUT2D eigenvalue weighted by molar-refractivity contribution is 5.92. The largest absolute Gasteiger partial charge is 0.488 e. The molecule has 0 unspecified atom stereocenters. The number of aliphatic hydroxyl groups excluding tert-OH is 1. The van der Waals surface area contributed by atoms with Gasteiger partial charge in [0.05, 0.1) is 6.10 Å². The van der Waals surface area contributed by atoms with Crippen LogP contribution in [0.4, 0.5) is 0 Å². The van der Waals surface area contributed by atoms with Crippen LogP contribution < -0.4 is 10.5 Å². The lowest BCUT2D eigenvalue weighted by molar-refractivity contribution is 0.0604. The zero-order valence-electron chi connectivity index (χ0n) is 8.93. The van der Waals surface area contributed by atoms with Gasteiger partial charge in [-0.25, -0.2) is 0 Å². The molecule has 1 aromatic carbocycles. The number of hydrogen-bond donors (Lipinski definition) is 2. The minimum atomic E-state index is -0.451. The molecular weight excluding hydrogens is 206 g/mol. The Kier molecular flexibility index (Phi) is 3.10. The minimum Gasteiger partial charge on any atom is -0.488 e. The number of nitrogens with two attached hydrogens (primary N) is 1. The third-order valence-corrected chi connectivity index (χ3v) is 2.84. The first-order chi connectivity index (χ1) is 7.66. The van der Waals surface area contributed by atoms with Crippen molar-refractivity contribution in [2.45, 2.75) is 31.5 Å². The molecule has 1 amide bonds. The highest BCUT2D eigenvalue weighted by Gasteiger charge is 2.26. The topological polar surface area (TPSA) is 72.6 Å². The fraction of sp³-hybridized carbons (Fsp3) is 0.417. The van der Waals surface area contributed by atoms with Gasteiger partial charge in [0, 0.05) is 5.56 Å². The highest BCUT2D eigenvalue weighted by Crippen LogP contribution is 2.24. The molecule has 0 heterocycles. The van der Waals surface area contributed by atoms with Crippen molar-refractivity contribution in [3.63, 3.8) is 0 Å². The van der Waals surface area contributed by atoms with Crippen LogP contribution in [0.15, 0.2) is 24.3 Å². The minimum absolute atomic E-state index is 0.126. The summed E-state index contributed by atoms with van der Waals surface area (Å²) in [5, 5.41) is 9.59. The lowest BCUT2D eigenvalue weighted by Crippen LogP contribution is -2.25. The van der Waals surface area contributed by atoms with Crippen molar-refractivity contribution >= 4 is 5.91 Å². The number of amides is 1. The number of rotatable bonds is 3. The third kappa shape index (κ3) is 2.33. The first kappa shape index (κ1) is 11.0. The van der Waals surface area contributed by atoms with Gasteiger partial charge < -0.3 is 15.6 Å². The van der Waals surface area contributed by atoms with Gasteiger partial charge in [0.25, 0.3) is 0 Å². The van der Waals surface area contributed by atoms with Gasteiger partial charge in [-0.1, -0.05) is 0 Å². The average Bonchev–Trinajstić information content (AvgIpc) is 2.65. The Morgan fingerprint density at radius 1 is 1.31 bits per heavy atom. The van der Waals surface area contributed by atoms with Crippen molar-refractivity contribution in [2.75, 3.05) is 0 Å². The predicted octanol–water partition coefficient (Wildman–Crippen LogP) is 1.08. The molecule has 0 saturated heterocycles. The van der Waals surface area contributed by atoms with Crippen LogP contribution in [0.2, 0.25) is 0 Å². The van der Waals surface area contributed by atoms with Crippen molar-refractivity contribution in [1.82, 2.24) is 0 Å². The average molecular weight is 221 g/mol. The molecule has 0 spiro atoms. The Morgan fingerprint density at radius 2 is 2.00 bits per heavy atom. The summed E-state index contributed by atoms with van der Waals surface area (Å²) in [5.74, 6) is 0.211. The molecule has 0 aromatic heterocycles. The smallest absolute Gasteiger partial charge is 0.248 e.